The van der Waals surface area contributed by atoms with Gasteiger partial charge in [-0.2, -0.15) is 0 Å². The van der Waals surface area contributed by atoms with Crippen LogP contribution in [0.4, 0.5) is 10.1 Å². The molecule has 1 saturated heterocycles. The Morgan fingerprint density at radius 2 is 2.00 bits per heavy atom. The summed E-state index contributed by atoms with van der Waals surface area (Å²) in [5.74, 6) is -0.962. The summed E-state index contributed by atoms with van der Waals surface area (Å²) in [7, 11) is 1.47. The molecular weight excluding hydrogens is 343 g/mol. The highest BCUT2D eigenvalue weighted by molar-refractivity contribution is 7.14. The summed E-state index contributed by atoms with van der Waals surface area (Å²) in [6.45, 7) is 6.14. The van der Waals surface area contributed by atoms with Crippen molar-refractivity contribution in [2.24, 2.45) is 0 Å². The van der Waals surface area contributed by atoms with E-state index in [9.17, 15) is 9.18 Å². The molecule has 0 amide bonds. The van der Waals surface area contributed by atoms with Crippen LogP contribution >= 0.6 is 11.3 Å². The minimum Gasteiger partial charge on any atom is -0.494 e. The molecule has 25 heavy (non-hydrogen) atoms. The van der Waals surface area contributed by atoms with Gasteiger partial charge in [0.1, 0.15) is 4.88 Å². The number of nitrogens with zero attached hydrogens (tertiary/aromatic N) is 2. The molecule has 1 aromatic heterocycles. The van der Waals surface area contributed by atoms with Crippen molar-refractivity contribution in [2.45, 2.75) is 13.5 Å². The van der Waals surface area contributed by atoms with Crippen molar-refractivity contribution in [3.63, 3.8) is 0 Å². The number of piperazine rings is 1. The van der Waals surface area contributed by atoms with E-state index in [-0.39, 0.29) is 11.6 Å². The van der Waals surface area contributed by atoms with Gasteiger partial charge in [0.15, 0.2) is 11.6 Å². The lowest BCUT2D eigenvalue weighted by Crippen LogP contribution is -2.46. The van der Waals surface area contributed by atoms with Gasteiger partial charge in [0.25, 0.3) is 0 Å². The van der Waals surface area contributed by atoms with Crippen molar-refractivity contribution < 1.29 is 19.0 Å². The van der Waals surface area contributed by atoms with Crippen molar-refractivity contribution in [1.29, 1.82) is 0 Å². The van der Waals surface area contributed by atoms with Gasteiger partial charge in [-0.15, -0.1) is 11.3 Å². The molecule has 0 aliphatic carbocycles. The van der Waals surface area contributed by atoms with E-state index < -0.39 is 5.97 Å². The van der Waals surface area contributed by atoms with Crippen LogP contribution in [0, 0.1) is 12.7 Å². The third kappa shape index (κ3) is 3.93. The summed E-state index contributed by atoms with van der Waals surface area (Å²) in [4.78, 5) is 17.1. The van der Waals surface area contributed by atoms with Gasteiger partial charge < -0.3 is 14.7 Å². The SMILES string of the molecule is COc1cc(N2CCN(Cc3cc(C(=O)O)sc3C)CC2)ccc1F. The number of halogens is 1. The molecule has 0 atom stereocenters. The van der Waals surface area contributed by atoms with Crippen molar-refractivity contribution >= 4 is 23.0 Å². The maximum absolute atomic E-state index is 13.5. The standard InChI is InChI=1S/C18H21FN2O3S/c1-12-13(9-17(25-12)18(22)23)11-20-5-7-21(8-6-20)14-3-4-15(19)16(10-14)24-2/h3-4,9-10H,5-8,11H2,1-2H3,(H,22,23). The fourth-order valence-electron chi connectivity index (χ4n) is 3.03. The number of hydrogen-bond acceptors (Lipinski definition) is 5. The van der Waals surface area contributed by atoms with Gasteiger partial charge in [0.2, 0.25) is 0 Å². The molecule has 134 valence electrons. The first-order valence-corrected chi connectivity index (χ1v) is 8.93. The van der Waals surface area contributed by atoms with Gasteiger partial charge in [0.05, 0.1) is 7.11 Å². The van der Waals surface area contributed by atoms with Crippen LogP contribution in [0.1, 0.15) is 20.1 Å². The van der Waals surface area contributed by atoms with E-state index in [0.29, 0.717) is 4.88 Å². The van der Waals surface area contributed by atoms with E-state index >= 15 is 0 Å². The average molecular weight is 364 g/mol. The Hall–Kier alpha value is -2.12. The molecular formula is C18H21FN2O3S. The number of carbonyl (C=O) groups is 1. The minimum atomic E-state index is -0.866. The third-order valence-corrected chi connectivity index (χ3v) is 5.58. The summed E-state index contributed by atoms with van der Waals surface area (Å²) in [6, 6.07) is 6.71. The Labute approximate surface area is 150 Å². The molecule has 0 unspecified atom stereocenters. The largest absolute Gasteiger partial charge is 0.494 e. The first-order valence-electron chi connectivity index (χ1n) is 8.11. The molecule has 0 bridgehead atoms. The minimum absolute atomic E-state index is 0.259. The maximum atomic E-state index is 13.5. The number of hydrogen-bond donors (Lipinski definition) is 1. The van der Waals surface area contributed by atoms with Gasteiger partial charge in [-0.3, -0.25) is 4.90 Å². The van der Waals surface area contributed by atoms with Crippen LogP contribution < -0.4 is 9.64 Å². The summed E-state index contributed by atoms with van der Waals surface area (Å²) in [6.07, 6.45) is 0. The highest BCUT2D eigenvalue weighted by Crippen LogP contribution is 2.27. The van der Waals surface area contributed by atoms with Crippen LogP contribution in [0.15, 0.2) is 24.3 Å². The number of carboxylic acid groups (broad SMARTS) is 1. The molecule has 3 rings (SSSR count). The van der Waals surface area contributed by atoms with E-state index in [2.05, 4.69) is 9.80 Å². The normalized spacial score (nSPS) is 15.4. The summed E-state index contributed by atoms with van der Waals surface area (Å²) < 4.78 is 18.6. The fraction of sp³-hybridized carbons (Fsp3) is 0.389. The van der Waals surface area contributed by atoms with Gasteiger partial charge in [-0.25, -0.2) is 9.18 Å². The number of carboxylic acids is 1. The molecule has 1 aliphatic heterocycles. The Morgan fingerprint density at radius 3 is 2.60 bits per heavy atom. The van der Waals surface area contributed by atoms with E-state index in [1.807, 2.05) is 6.92 Å². The van der Waals surface area contributed by atoms with Crippen molar-refractivity contribution in [2.75, 3.05) is 38.2 Å². The zero-order chi connectivity index (χ0) is 18.0. The van der Waals surface area contributed by atoms with Crippen LogP contribution in [-0.4, -0.2) is 49.3 Å². The van der Waals surface area contributed by atoms with E-state index in [1.165, 1.54) is 24.5 Å². The Balaban J connectivity index is 1.61. The first-order chi connectivity index (χ1) is 12.0. The van der Waals surface area contributed by atoms with E-state index in [0.717, 1.165) is 48.9 Å². The van der Waals surface area contributed by atoms with Gasteiger partial charge in [-0.05, 0) is 30.7 Å². The predicted molar refractivity (Wildman–Crippen MR) is 96.5 cm³/mol. The molecule has 0 saturated carbocycles. The quantitative estimate of drug-likeness (QED) is 0.883. The molecule has 7 heteroatoms. The smallest absolute Gasteiger partial charge is 0.345 e. The van der Waals surface area contributed by atoms with Crippen molar-refractivity contribution in [3.8, 4) is 5.75 Å². The molecule has 5 nitrogen and oxygen atoms in total. The van der Waals surface area contributed by atoms with Crippen molar-refractivity contribution in [3.05, 3.63) is 45.4 Å². The molecule has 2 heterocycles. The number of aromatic carboxylic acids is 1. The highest BCUT2D eigenvalue weighted by Gasteiger charge is 2.20. The molecule has 1 N–H and O–H groups in total. The lowest BCUT2D eigenvalue weighted by atomic mass is 10.2. The second-order valence-corrected chi connectivity index (χ2v) is 7.34. The fourth-order valence-corrected chi connectivity index (χ4v) is 3.91. The maximum Gasteiger partial charge on any atom is 0.345 e. The Bertz CT molecular complexity index is 770. The van der Waals surface area contributed by atoms with Gasteiger partial charge >= 0.3 is 5.97 Å². The van der Waals surface area contributed by atoms with Crippen LogP contribution in [0.2, 0.25) is 0 Å². The van der Waals surface area contributed by atoms with Gasteiger partial charge in [-0.1, -0.05) is 0 Å². The van der Waals surface area contributed by atoms with Crippen molar-refractivity contribution in [1.82, 2.24) is 4.90 Å². The lowest BCUT2D eigenvalue weighted by Gasteiger charge is -2.36. The summed E-state index contributed by atoms with van der Waals surface area (Å²) in [5, 5.41) is 9.10. The van der Waals surface area contributed by atoms with Gasteiger partial charge in [0, 0.05) is 49.4 Å². The Kier molecular flexibility index (Phi) is 5.24. The Morgan fingerprint density at radius 1 is 1.28 bits per heavy atom. The molecule has 1 aromatic carbocycles. The average Bonchev–Trinajstić information content (AvgIpc) is 2.97. The summed E-state index contributed by atoms with van der Waals surface area (Å²) >= 11 is 1.33. The number of aryl methyl sites for hydroxylation is 1. The van der Waals surface area contributed by atoms with E-state index in [4.69, 9.17) is 9.84 Å². The number of ether oxygens (including phenoxy) is 1. The summed E-state index contributed by atoms with van der Waals surface area (Å²) in [5.41, 5.74) is 2.04. The number of methoxy groups -OCH3 is 1. The number of anilines is 1. The zero-order valence-electron chi connectivity index (χ0n) is 14.3. The number of thiophene rings is 1. The molecule has 2 aromatic rings. The van der Waals surface area contributed by atoms with Crippen LogP contribution in [0.5, 0.6) is 5.75 Å². The predicted octanol–water partition coefficient (Wildman–Crippen LogP) is 3.22. The molecule has 0 radical (unpaired) electrons. The van der Waals surface area contributed by atoms with Crippen LogP contribution in [-0.2, 0) is 6.54 Å². The lowest BCUT2D eigenvalue weighted by molar-refractivity contribution is 0.0702. The van der Waals surface area contributed by atoms with E-state index in [1.54, 1.807) is 18.2 Å². The first kappa shape index (κ1) is 17.7. The second kappa shape index (κ2) is 7.41. The van der Waals surface area contributed by atoms with Crippen LogP contribution in [0.3, 0.4) is 0 Å². The topological polar surface area (TPSA) is 53.0 Å². The monoisotopic (exact) mass is 364 g/mol. The number of rotatable bonds is 5. The molecule has 1 aliphatic rings. The highest BCUT2D eigenvalue weighted by atomic mass is 32.1. The zero-order valence-corrected chi connectivity index (χ0v) is 15.1. The second-order valence-electron chi connectivity index (χ2n) is 6.08. The van der Waals surface area contributed by atoms with Crippen LogP contribution in [0.25, 0.3) is 0 Å². The number of benzene rings is 1. The molecule has 1 fully saturated rings. The third-order valence-electron chi connectivity index (χ3n) is 4.50. The molecule has 0 spiro atoms.